The van der Waals surface area contributed by atoms with E-state index >= 15 is 0 Å². The minimum atomic E-state index is -4.50. The van der Waals surface area contributed by atoms with Gasteiger partial charge in [0.2, 0.25) is 0 Å². The largest absolute Gasteiger partial charge is 0.417 e. The van der Waals surface area contributed by atoms with Crippen LogP contribution in [0.25, 0.3) is 0 Å². The highest BCUT2D eigenvalue weighted by Crippen LogP contribution is 2.34. The molecule has 0 saturated heterocycles. The molecule has 0 aromatic heterocycles. The summed E-state index contributed by atoms with van der Waals surface area (Å²) >= 11 is 4.70. The molecular formula is C13H17F3N2OS. The minimum Gasteiger partial charge on any atom is -0.395 e. The van der Waals surface area contributed by atoms with E-state index in [0.717, 1.165) is 6.07 Å². The quantitative estimate of drug-likeness (QED) is 0.821. The number of rotatable bonds is 5. The fourth-order valence-electron chi connectivity index (χ4n) is 1.96. The van der Waals surface area contributed by atoms with Gasteiger partial charge in [0.1, 0.15) is 4.99 Å². The second-order valence-corrected chi connectivity index (χ2v) is 5.04. The van der Waals surface area contributed by atoms with Gasteiger partial charge in [-0.15, -0.1) is 0 Å². The zero-order valence-corrected chi connectivity index (χ0v) is 12.1. The van der Waals surface area contributed by atoms with Crippen LogP contribution in [0.2, 0.25) is 0 Å². The number of nitrogens with two attached hydrogens (primary N) is 1. The topological polar surface area (TPSA) is 49.5 Å². The molecule has 0 saturated carbocycles. The summed E-state index contributed by atoms with van der Waals surface area (Å²) in [6, 6.07) is 3.68. The summed E-state index contributed by atoms with van der Waals surface area (Å²) in [4.78, 5) is 1.48. The summed E-state index contributed by atoms with van der Waals surface area (Å²) < 4.78 is 38.6. The first-order valence-electron chi connectivity index (χ1n) is 6.07. The lowest BCUT2D eigenvalue weighted by atomic mass is 10.0. The molecule has 0 spiro atoms. The van der Waals surface area contributed by atoms with Gasteiger partial charge >= 0.3 is 6.18 Å². The van der Waals surface area contributed by atoms with Crippen molar-refractivity contribution in [3.8, 4) is 0 Å². The molecule has 0 radical (unpaired) electrons. The lowest BCUT2D eigenvalue weighted by Gasteiger charge is -2.29. The maximum atomic E-state index is 12.9. The molecule has 0 atom stereocenters. The number of aliphatic hydroxyl groups excluding tert-OH is 1. The van der Waals surface area contributed by atoms with Gasteiger partial charge in [0.15, 0.2) is 0 Å². The minimum absolute atomic E-state index is 0.0260. The zero-order valence-electron chi connectivity index (χ0n) is 11.2. The van der Waals surface area contributed by atoms with Crippen molar-refractivity contribution in [1.82, 2.24) is 0 Å². The molecule has 112 valence electrons. The molecule has 0 heterocycles. The Hall–Kier alpha value is -1.34. The molecule has 0 unspecified atom stereocenters. The van der Waals surface area contributed by atoms with Crippen LogP contribution >= 0.6 is 12.2 Å². The molecule has 0 fully saturated rings. The van der Waals surface area contributed by atoms with Crippen LogP contribution < -0.4 is 10.6 Å². The predicted molar refractivity (Wildman–Crippen MR) is 76.9 cm³/mol. The van der Waals surface area contributed by atoms with E-state index in [9.17, 15) is 13.2 Å². The number of thiocarbonyl (C=S) groups is 1. The highest BCUT2D eigenvalue weighted by molar-refractivity contribution is 7.80. The van der Waals surface area contributed by atoms with Gasteiger partial charge < -0.3 is 15.7 Å². The smallest absolute Gasteiger partial charge is 0.395 e. The molecule has 1 aromatic rings. The Morgan fingerprint density at radius 3 is 2.40 bits per heavy atom. The summed E-state index contributed by atoms with van der Waals surface area (Å²) in [7, 11) is 0. The number of hydrogen-bond donors (Lipinski definition) is 2. The summed E-state index contributed by atoms with van der Waals surface area (Å²) in [5, 5.41) is 9.04. The lowest BCUT2D eigenvalue weighted by molar-refractivity contribution is -0.137. The molecule has 3 N–H and O–H groups in total. The van der Waals surface area contributed by atoms with Crippen LogP contribution in [0.5, 0.6) is 0 Å². The third kappa shape index (κ3) is 3.83. The van der Waals surface area contributed by atoms with Crippen LogP contribution in [0, 0.1) is 0 Å². The molecule has 7 heteroatoms. The van der Waals surface area contributed by atoms with Crippen molar-refractivity contribution in [1.29, 1.82) is 0 Å². The third-order valence-corrected chi connectivity index (χ3v) is 3.09. The molecule has 20 heavy (non-hydrogen) atoms. The second-order valence-electron chi connectivity index (χ2n) is 4.60. The molecule has 0 aliphatic heterocycles. The molecule has 1 rings (SSSR count). The van der Waals surface area contributed by atoms with E-state index in [-0.39, 0.29) is 23.2 Å². The Morgan fingerprint density at radius 2 is 2.00 bits per heavy atom. The van der Waals surface area contributed by atoms with Crippen molar-refractivity contribution in [3.05, 3.63) is 29.3 Å². The fourth-order valence-corrected chi connectivity index (χ4v) is 2.12. The van der Waals surface area contributed by atoms with Crippen LogP contribution in [-0.4, -0.2) is 29.3 Å². The Balaban J connectivity index is 3.32. The number of aliphatic hydroxyl groups is 1. The summed E-state index contributed by atoms with van der Waals surface area (Å²) in [5.41, 5.74) is 4.89. The first-order chi connectivity index (χ1) is 9.18. The molecule has 3 nitrogen and oxygen atoms in total. The number of nitrogens with zero attached hydrogens (tertiary/aromatic N) is 1. The van der Waals surface area contributed by atoms with Crippen molar-refractivity contribution in [2.75, 3.05) is 18.1 Å². The van der Waals surface area contributed by atoms with Crippen LogP contribution in [-0.2, 0) is 6.18 Å². The van der Waals surface area contributed by atoms with Gasteiger partial charge in [-0.1, -0.05) is 12.2 Å². The summed E-state index contributed by atoms with van der Waals surface area (Å²) in [6.45, 7) is 3.99. The zero-order chi connectivity index (χ0) is 15.5. The van der Waals surface area contributed by atoms with Gasteiger partial charge in [-0.2, -0.15) is 13.2 Å². The monoisotopic (exact) mass is 306 g/mol. The van der Waals surface area contributed by atoms with Crippen LogP contribution in [0.3, 0.4) is 0 Å². The number of hydrogen-bond acceptors (Lipinski definition) is 3. The van der Waals surface area contributed by atoms with Crippen molar-refractivity contribution >= 4 is 22.9 Å². The van der Waals surface area contributed by atoms with E-state index < -0.39 is 11.7 Å². The first-order valence-corrected chi connectivity index (χ1v) is 6.47. The normalized spacial score (nSPS) is 11.8. The molecule has 0 amide bonds. The Morgan fingerprint density at radius 1 is 1.40 bits per heavy atom. The van der Waals surface area contributed by atoms with Gasteiger partial charge in [0.25, 0.3) is 0 Å². The van der Waals surface area contributed by atoms with Crippen molar-refractivity contribution < 1.29 is 18.3 Å². The molecular weight excluding hydrogens is 289 g/mol. The average molecular weight is 306 g/mol. The Labute approximate surface area is 121 Å². The predicted octanol–water partition coefficient (Wildman–Crippen LogP) is 2.55. The van der Waals surface area contributed by atoms with Gasteiger partial charge in [-0.25, -0.2) is 0 Å². The molecule has 0 aliphatic rings. The van der Waals surface area contributed by atoms with Crippen LogP contribution in [0.1, 0.15) is 25.0 Å². The standard InChI is InChI=1S/C13H17F3N2OS/c1-8(2)18(5-6-19)9-3-4-11(13(14,15)16)10(7-9)12(17)20/h3-4,7-8,19H,5-6H2,1-2H3,(H2,17,20). The van der Waals surface area contributed by atoms with E-state index in [4.69, 9.17) is 23.1 Å². The van der Waals surface area contributed by atoms with Crippen molar-refractivity contribution in [3.63, 3.8) is 0 Å². The van der Waals surface area contributed by atoms with E-state index in [0.29, 0.717) is 12.2 Å². The second kappa shape index (κ2) is 6.41. The Kier molecular flexibility index (Phi) is 5.35. The average Bonchev–Trinajstić information content (AvgIpc) is 2.33. The maximum absolute atomic E-state index is 12.9. The number of anilines is 1. The summed E-state index contributed by atoms with van der Waals surface area (Å²) in [5.74, 6) is 0. The van der Waals surface area contributed by atoms with E-state index in [1.165, 1.54) is 12.1 Å². The van der Waals surface area contributed by atoms with Gasteiger partial charge in [0, 0.05) is 23.8 Å². The lowest BCUT2D eigenvalue weighted by Crippen LogP contribution is -2.33. The van der Waals surface area contributed by atoms with E-state index in [2.05, 4.69) is 0 Å². The first kappa shape index (κ1) is 16.7. The maximum Gasteiger partial charge on any atom is 0.417 e. The van der Waals surface area contributed by atoms with E-state index in [1.54, 1.807) is 4.90 Å². The molecule has 0 bridgehead atoms. The number of benzene rings is 1. The SMILES string of the molecule is CC(C)N(CCO)c1ccc(C(F)(F)F)c(C(N)=S)c1. The van der Waals surface area contributed by atoms with Crippen LogP contribution in [0.4, 0.5) is 18.9 Å². The highest BCUT2D eigenvalue weighted by atomic mass is 32.1. The van der Waals surface area contributed by atoms with Crippen molar-refractivity contribution in [2.24, 2.45) is 5.73 Å². The van der Waals surface area contributed by atoms with Crippen molar-refractivity contribution in [2.45, 2.75) is 26.1 Å². The fraction of sp³-hybridized carbons (Fsp3) is 0.462. The summed E-state index contributed by atoms with van der Waals surface area (Å²) in [6.07, 6.45) is -4.50. The molecule has 1 aromatic carbocycles. The van der Waals surface area contributed by atoms with E-state index in [1.807, 2.05) is 13.8 Å². The van der Waals surface area contributed by atoms with Gasteiger partial charge in [-0.3, -0.25) is 0 Å². The van der Waals surface area contributed by atoms with Gasteiger partial charge in [-0.05, 0) is 32.0 Å². The number of halogens is 3. The number of alkyl halides is 3. The highest BCUT2D eigenvalue weighted by Gasteiger charge is 2.34. The third-order valence-electron chi connectivity index (χ3n) is 2.87. The molecule has 0 aliphatic carbocycles. The van der Waals surface area contributed by atoms with Crippen LogP contribution in [0.15, 0.2) is 18.2 Å². The van der Waals surface area contributed by atoms with Gasteiger partial charge in [0.05, 0.1) is 12.2 Å². The Bertz CT molecular complexity index is 489.